The zero-order chi connectivity index (χ0) is 29.9. The van der Waals surface area contributed by atoms with Gasteiger partial charge in [0.15, 0.2) is 11.5 Å². The van der Waals surface area contributed by atoms with Gasteiger partial charge in [-0.3, -0.25) is 4.79 Å². The van der Waals surface area contributed by atoms with Crippen molar-refractivity contribution in [2.45, 2.75) is 57.6 Å². The molecule has 4 aromatic rings. The van der Waals surface area contributed by atoms with Crippen molar-refractivity contribution in [2.24, 2.45) is 11.7 Å². The first-order valence-electron chi connectivity index (χ1n) is 14.5. The summed E-state index contributed by atoms with van der Waals surface area (Å²) in [6.45, 7) is 13.0. The Morgan fingerprint density at radius 3 is 2.55 bits per heavy atom. The van der Waals surface area contributed by atoms with Crippen LogP contribution in [0.2, 0.25) is 0 Å². The fourth-order valence-electron chi connectivity index (χ4n) is 5.61. The summed E-state index contributed by atoms with van der Waals surface area (Å²) in [7, 11) is 0. The van der Waals surface area contributed by atoms with Crippen molar-refractivity contribution in [1.82, 2.24) is 29.6 Å². The fourth-order valence-corrected chi connectivity index (χ4v) is 5.61. The molecule has 0 atom stereocenters. The van der Waals surface area contributed by atoms with Gasteiger partial charge in [0, 0.05) is 30.7 Å². The summed E-state index contributed by atoms with van der Waals surface area (Å²) in [4.78, 5) is 27.1. The van der Waals surface area contributed by atoms with Gasteiger partial charge in [-0.05, 0) is 81.2 Å². The minimum Gasteiger partial charge on any atom is -0.387 e. The van der Waals surface area contributed by atoms with E-state index in [1.807, 2.05) is 12.1 Å². The molecule has 42 heavy (non-hydrogen) atoms. The van der Waals surface area contributed by atoms with Gasteiger partial charge >= 0.3 is 0 Å². The molecule has 1 fully saturated rings. The molecule has 1 aliphatic carbocycles. The van der Waals surface area contributed by atoms with E-state index in [0.29, 0.717) is 46.9 Å². The number of aromatic nitrogens is 5. The third-order valence-electron chi connectivity index (χ3n) is 7.91. The lowest BCUT2D eigenvalue weighted by Gasteiger charge is -2.30. The van der Waals surface area contributed by atoms with Gasteiger partial charge in [-0.25, -0.2) is 19.3 Å². The average Bonchev–Trinajstić information content (AvgIpc) is 3.26. The van der Waals surface area contributed by atoms with Crippen LogP contribution in [0.15, 0.2) is 78.4 Å². The van der Waals surface area contributed by atoms with E-state index in [1.165, 1.54) is 16.4 Å². The molecule has 0 amide bonds. The molecule has 5 N–H and O–H groups in total. The van der Waals surface area contributed by atoms with Crippen LogP contribution >= 0.6 is 0 Å². The number of aliphatic hydroxyl groups is 1. The molecular formula is C32H40N8O2. The van der Waals surface area contributed by atoms with Crippen LogP contribution < -0.4 is 21.9 Å². The van der Waals surface area contributed by atoms with Crippen LogP contribution in [-0.4, -0.2) is 42.5 Å². The summed E-state index contributed by atoms with van der Waals surface area (Å²) in [6, 6.07) is 13.7. The topological polar surface area (TPSA) is 136 Å². The van der Waals surface area contributed by atoms with Gasteiger partial charge in [-0.15, -0.1) is 6.58 Å². The molecule has 10 nitrogen and oxygen atoms in total. The molecule has 0 bridgehead atoms. The zero-order valence-electron chi connectivity index (χ0n) is 24.4. The Kier molecular flexibility index (Phi) is 8.56. The summed E-state index contributed by atoms with van der Waals surface area (Å²) in [5, 5.41) is 17.5. The molecule has 220 valence electrons. The number of anilines is 2. The predicted octanol–water partition coefficient (Wildman–Crippen LogP) is 4.47. The van der Waals surface area contributed by atoms with Crippen molar-refractivity contribution in [2.75, 3.05) is 18.4 Å². The highest BCUT2D eigenvalue weighted by Crippen LogP contribution is 2.38. The van der Waals surface area contributed by atoms with Crippen LogP contribution in [0.1, 0.15) is 56.7 Å². The summed E-state index contributed by atoms with van der Waals surface area (Å²) < 4.78 is 3.17. The Balaban J connectivity index is 1.37. The number of hydrogen-bond donors (Lipinski definition) is 4. The molecule has 3 heterocycles. The quantitative estimate of drug-likeness (QED) is 0.195. The van der Waals surface area contributed by atoms with E-state index in [-0.39, 0.29) is 12.1 Å². The second kappa shape index (κ2) is 12.3. The molecule has 3 aromatic heterocycles. The zero-order valence-corrected chi connectivity index (χ0v) is 24.4. The number of rotatable bonds is 11. The minimum absolute atomic E-state index is 0.246. The first kappa shape index (κ1) is 29.2. The molecule has 10 heteroatoms. The Hall–Kier alpha value is -4.28. The number of fused-ring (bicyclic) bond motifs is 1. The number of nitrogens with zero attached hydrogens (tertiary/aromatic N) is 5. The first-order chi connectivity index (χ1) is 20.2. The first-order valence-corrected chi connectivity index (χ1v) is 14.5. The van der Waals surface area contributed by atoms with Gasteiger partial charge in [0.05, 0.1) is 12.2 Å². The van der Waals surface area contributed by atoms with Crippen molar-refractivity contribution < 1.29 is 5.11 Å². The van der Waals surface area contributed by atoms with Gasteiger partial charge in [0.25, 0.3) is 5.56 Å². The van der Waals surface area contributed by atoms with Gasteiger partial charge in [-0.1, -0.05) is 30.9 Å². The van der Waals surface area contributed by atoms with Crippen molar-refractivity contribution in [1.29, 1.82) is 0 Å². The maximum atomic E-state index is 13.3. The molecule has 0 saturated heterocycles. The van der Waals surface area contributed by atoms with Gasteiger partial charge in [-0.2, -0.15) is 4.98 Å². The molecule has 0 radical (unpaired) electrons. The van der Waals surface area contributed by atoms with E-state index in [9.17, 15) is 9.90 Å². The second-order valence-electron chi connectivity index (χ2n) is 11.4. The second-order valence-corrected chi connectivity index (χ2v) is 11.4. The Morgan fingerprint density at radius 1 is 1.14 bits per heavy atom. The highest BCUT2D eigenvalue weighted by Gasteiger charge is 2.24. The Morgan fingerprint density at radius 2 is 1.88 bits per heavy atom. The molecule has 0 unspecified atom stereocenters. The lowest BCUT2D eigenvalue weighted by molar-refractivity contribution is 0.0738. The lowest BCUT2D eigenvalue weighted by Crippen LogP contribution is -2.27. The summed E-state index contributed by atoms with van der Waals surface area (Å²) in [5.41, 5.74) is 8.40. The Labute approximate surface area is 246 Å². The molecule has 5 rings (SSSR count). The standard InChI is InChI=1S/C32H40N8O2/c1-5-19-39-30(41)26-20-35-31(38-29(26)40(39)28-8-6-7-27(37-28)32(3,4)42)36-25-15-13-24(14-16-25)23-11-9-22(10-12-23)21(2)34-18-17-33/h5-8,13-16,20,22-23,34,42H,1-2,9-12,17-19,33H2,3-4H3,(H,35,36,38). The summed E-state index contributed by atoms with van der Waals surface area (Å²) in [6.07, 6.45) is 7.68. The summed E-state index contributed by atoms with van der Waals surface area (Å²) in [5.74, 6) is 1.86. The summed E-state index contributed by atoms with van der Waals surface area (Å²) >= 11 is 0. The van der Waals surface area contributed by atoms with Crippen LogP contribution in [0.25, 0.3) is 16.9 Å². The lowest BCUT2D eigenvalue weighted by atomic mass is 9.77. The van der Waals surface area contributed by atoms with E-state index in [0.717, 1.165) is 43.6 Å². The van der Waals surface area contributed by atoms with Crippen molar-refractivity contribution in [3.8, 4) is 5.82 Å². The van der Waals surface area contributed by atoms with Gasteiger partial charge in [0.2, 0.25) is 5.95 Å². The number of nitrogens with two attached hydrogens (primary N) is 1. The third-order valence-corrected chi connectivity index (χ3v) is 7.91. The van der Waals surface area contributed by atoms with Crippen molar-refractivity contribution in [3.63, 3.8) is 0 Å². The highest BCUT2D eigenvalue weighted by molar-refractivity contribution is 5.77. The minimum atomic E-state index is -1.15. The molecule has 1 saturated carbocycles. The van der Waals surface area contributed by atoms with E-state index in [4.69, 9.17) is 10.7 Å². The Bertz CT molecular complexity index is 1620. The third kappa shape index (κ3) is 6.14. The van der Waals surface area contributed by atoms with Crippen molar-refractivity contribution in [3.05, 3.63) is 95.2 Å². The largest absolute Gasteiger partial charge is 0.387 e. The highest BCUT2D eigenvalue weighted by atomic mass is 16.3. The normalized spacial score (nSPS) is 17.2. The van der Waals surface area contributed by atoms with Crippen LogP contribution in [0.3, 0.4) is 0 Å². The van der Waals surface area contributed by atoms with Crippen molar-refractivity contribution >= 4 is 22.7 Å². The van der Waals surface area contributed by atoms with Crippen LogP contribution in [0.5, 0.6) is 0 Å². The SMILES string of the molecule is C=CCn1c(=O)c2cnc(Nc3ccc(C4CCC(C(=C)NCCN)CC4)cc3)nc2n1-c1cccc(C(C)(C)O)n1. The number of hydrogen-bond acceptors (Lipinski definition) is 8. The molecule has 1 aromatic carbocycles. The number of allylic oxidation sites excluding steroid dienone is 2. The number of benzene rings is 1. The van der Waals surface area contributed by atoms with E-state index in [2.05, 4.69) is 45.9 Å². The monoisotopic (exact) mass is 568 g/mol. The molecular weight excluding hydrogens is 528 g/mol. The van der Waals surface area contributed by atoms with E-state index in [1.54, 1.807) is 42.8 Å². The van der Waals surface area contributed by atoms with Crippen LogP contribution in [-0.2, 0) is 12.1 Å². The van der Waals surface area contributed by atoms with Crippen LogP contribution in [0.4, 0.5) is 11.6 Å². The van der Waals surface area contributed by atoms with E-state index >= 15 is 0 Å². The molecule has 1 aliphatic rings. The number of pyridine rings is 1. The van der Waals surface area contributed by atoms with Gasteiger partial charge in [0.1, 0.15) is 11.0 Å². The maximum absolute atomic E-state index is 13.3. The predicted molar refractivity (Wildman–Crippen MR) is 167 cm³/mol. The number of nitrogens with one attached hydrogen (secondary N) is 2. The maximum Gasteiger partial charge on any atom is 0.278 e. The van der Waals surface area contributed by atoms with Crippen LogP contribution in [0, 0.1) is 5.92 Å². The van der Waals surface area contributed by atoms with Gasteiger partial charge < -0.3 is 21.5 Å². The average molecular weight is 569 g/mol. The molecule has 0 spiro atoms. The smallest absolute Gasteiger partial charge is 0.278 e. The van der Waals surface area contributed by atoms with E-state index < -0.39 is 5.60 Å². The molecule has 0 aliphatic heterocycles. The fraction of sp³-hybridized carbons (Fsp3) is 0.375.